The van der Waals surface area contributed by atoms with E-state index in [-0.39, 0.29) is 35.3 Å². The van der Waals surface area contributed by atoms with Crippen LogP contribution in [0.2, 0.25) is 0 Å². The van der Waals surface area contributed by atoms with Crippen molar-refractivity contribution in [3.63, 3.8) is 0 Å². The Labute approximate surface area is 170 Å². The molecular weight excluding hydrogens is 376 g/mol. The first-order valence-electron chi connectivity index (χ1n) is 9.75. The molecule has 1 N–H and O–H groups in total. The number of carbonyl (C=O) groups excluding carboxylic acids is 3. The predicted octanol–water partition coefficient (Wildman–Crippen LogP) is 3.91. The molecule has 7 heteroatoms. The van der Waals surface area contributed by atoms with Crippen LogP contribution in [-0.4, -0.2) is 41.9 Å². The van der Waals surface area contributed by atoms with E-state index in [1.165, 1.54) is 18.3 Å². The van der Waals surface area contributed by atoms with E-state index in [1.54, 1.807) is 0 Å². The van der Waals surface area contributed by atoms with E-state index in [9.17, 15) is 14.4 Å². The maximum absolute atomic E-state index is 12.8. The number of nitrogens with one attached hydrogen (secondary N) is 1. The highest BCUT2D eigenvalue weighted by Gasteiger charge is 2.50. The zero-order chi connectivity index (χ0) is 20.9. The number of hydrogen-bond donors (Lipinski definition) is 1. The molecule has 3 rings (SSSR count). The van der Waals surface area contributed by atoms with Gasteiger partial charge in [-0.2, -0.15) is 0 Å². The van der Waals surface area contributed by atoms with Crippen LogP contribution in [0, 0.1) is 24.7 Å². The third kappa shape index (κ3) is 4.09. The van der Waals surface area contributed by atoms with Gasteiger partial charge in [-0.05, 0) is 49.5 Å². The van der Waals surface area contributed by atoms with Gasteiger partial charge in [0.05, 0.1) is 5.56 Å². The third-order valence-electron chi connectivity index (χ3n) is 5.94. The minimum Gasteiger partial charge on any atom is -0.452 e. The number of fused-ring (bicyclic) bond motifs is 2. The Morgan fingerprint density at radius 1 is 1.21 bits per heavy atom. The van der Waals surface area contributed by atoms with Crippen LogP contribution in [-0.2, 0) is 14.3 Å². The van der Waals surface area contributed by atoms with Crippen LogP contribution in [0.3, 0.4) is 0 Å². The molecule has 1 aromatic rings. The molecule has 1 saturated carbocycles. The summed E-state index contributed by atoms with van der Waals surface area (Å²) in [5.74, 6) is -0.940. The highest BCUT2D eigenvalue weighted by molar-refractivity contribution is 7.16. The van der Waals surface area contributed by atoms with Crippen molar-refractivity contribution in [2.24, 2.45) is 10.8 Å². The van der Waals surface area contributed by atoms with E-state index in [4.69, 9.17) is 4.74 Å². The normalized spacial score (nSPS) is 25.5. The molecule has 1 aliphatic carbocycles. The van der Waals surface area contributed by atoms with E-state index in [1.807, 2.05) is 18.7 Å². The van der Waals surface area contributed by atoms with Gasteiger partial charge in [0, 0.05) is 24.4 Å². The topological polar surface area (TPSA) is 75.7 Å². The number of amides is 2. The third-order valence-corrected chi connectivity index (χ3v) is 7.06. The van der Waals surface area contributed by atoms with Gasteiger partial charge >= 0.3 is 5.97 Å². The van der Waals surface area contributed by atoms with E-state index in [0.29, 0.717) is 10.6 Å². The van der Waals surface area contributed by atoms with Crippen molar-refractivity contribution in [2.75, 3.05) is 18.5 Å². The fourth-order valence-corrected chi connectivity index (χ4v) is 6.25. The Morgan fingerprint density at radius 2 is 1.89 bits per heavy atom. The predicted molar refractivity (Wildman–Crippen MR) is 110 cm³/mol. The lowest BCUT2D eigenvalue weighted by Crippen LogP contribution is -2.39. The first-order chi connectivity index (χ1) is 12.9. The van der Waals surface area contributed by atoms with Crippen LogP contribution in [0.1, 0.15) is 67.8 Å². The molecule has 0 unspecified atom stereocenters. The first kappa shape index (κ1) is 20.8. The van der Waals surface area contributed by atoms with Gasteiger partial charge in [0.1, 0.15) is 5.00 Å². The molecule has 2 fully saturated rings. The zero-order valence-electron chi connectivity index (χ0n) is 17.6. The minimum atomic E-state index is -0.562. The highest BCUT2D eigenvalue weighted by atomic mass is 32.1. The van der Waals surface area contributed by atoms with Crippen LogP contribution in [0.5, 0.6) is 0 Å². The molecule has 1 aromatic heterocycles. The van der Waals surface area contributed by atoms with Gasteiger partial charge in [0.25, 0.3) is 5.91 Å². The molecule has 2 atom stereocenters. The molecule has 2 bridgehead atoms. The summed E-state index contributed by atoms with van der Waals surface area (Å²) >= 11 is 1.34. The van der Waals surface area contributed by atoms with Crippen LogP contribution in [0.15, 0.2) is 0 Å². The molecule has 2 heterocycles. The molecule has 28 heavy (non-hydrogen) atoms. The van der Waals surface area contributed by atoms with Gasteiger partial charge in [-0.3, -0.25) is 9.59 Å². The number of rotatable bonds is 4. The fraction of sp³-hybridized carbons (Fsp3) is 0.667. The van der Waals surface area contributed by atoms with E-state index in [0.717, 1.165) is 36.2 Å². The molecule has 0 aromatic carbocycles. The summed E-state index contributed by atoms with van der Waals surface area (Å²) in [6.07, 6.45) is 3.11. The van der Waals surface area contributed by atoms with Gasteiger partial charge in [-0.25, -0.2) is 4.79 Å². The minimum absolute atomic E-state index is 0.134. The van der Waals surface area contributed by atoms with E-state index < -0.39 is 5.97 Å². The summed E-state index contributed by atoms with van der Waals surface area (Å²) in [4.78, 5) is 39.7. The smallest absolute Gasteiger partial charge is 0.341 e. The van der Waals surface area contributed by atoms with Gasteiger partial charge in [-0.15, -0.1) is 11.3 Å². The van der Waals surface area contributed by atoms with Crippen LogP contribution in [0.4, 0.5) is 5.00 Å². The number of esters is 1. The second kappa shape index (κ2) is 7.17. The zero-order valence-corrected chi connectivity index (χ0v) is 18.4. The number of anilines is 1. The van der Waals surface area contributed by atoms with E-state index >= 15 is 0 Å². The van der Waals surface area contributed by atoms with Gasteiger partial charge in [0.15, 0.2) is 6.61 Å². The number of likely N-dealkylation sites (tertiary alicyclic amines) is 1. The number of aryl methyl sites for hydroxylation is 1. The molecule has 0 radical (unpaired) electrons. The van der Waals surface area contributed by atoms with Crippen LogP contribution in [0.25, 0.3) is 0 Å². The van der Waals surface area contributed by atoms with Crippen molar-refractivity contribution in [1.82, 2.24) is 4.90 Å². The SMILES string of the molecule is CC(=O)Nc1sc(C)c(C)c1C(=O)OCC(=O)N1C[C@@]2(C)C[C@@H]1CC(C)(C)C2. The summed E-state index contributed by atoms with van der Waals surface area (Å²) in [5.41, 5.74) is 1.49. The van der Waals surface area contributed by atoms with Crippen LogP contribution >= 0.6 is 11.3 Å². The Hall–Kier alpha value is -1.89. The molecule has 1 aliphatic heterocycles. The quantitative estimate of drug-likeness (QED) is 0.769. The molecule has 2 aliphatic rings. The highest BCUT2D eigenvalue weighted by Crippen LogP contribution is 2.52. The van der Waals surface area contributed by atoms with Crippen LogP contribution < -0.4 is 5.32 Å². The lowest BCUT2D eigenvalue weighted by Gasteiger charge is -2.39. The summed E-state index contributed by atoms with van der Waals surface area (Å²) in [6.45, 7) is 12.3. The maximum atomic E-state index is 12.8. The average Bonchev–Trinajstić information content (AvgIpc) is 2.96. The average molecular weight is 407 g/mol. The summed E-state index contributed by atoms with van der Waals surface area (Å²) in [5, 5.41) is 3.16. The summed E-state index contributed by atoms with van der Waals surface area (Å²) in [7, 11) is 0. The van der Waals surface area contributed by atoms with Crippen molar-refractivity contribution < 1.29 is 19.1 Å². The Morgan fingerprint density at radius 3 is 2.54 bits per heavy atom. The lowest BCUT2D eigenvalue weighted by molar-refractivity contribution is -0.135. The second-order valence-corrected chi connectivity index (χ2v) is 10.7. The van der Waals surface area contributed by atoms with Crippen molar-refractivity contribution >= 4 is 34.1 Å². The van der Waals surface area contributed by atoms with Crippen molar-refractivity contribution in [1.29, 1.82) is 0 Å². The van der Waals surface area contributed by atoms with Gasteiger partial charge in [-0.1, -0.05) is 20.8 Å². The molecule has 2 amide bonds. The van der Waals surface area contributed by atoms with Crippen molar-refractivity contribution in [2.45, 2.75) is 66.8 Å². The van der Waals surface area contributed by atoms with Gasteiger partial charge < -0.3 is 15.0 Å². The number of nitrogens with zero attached hydrogens (tertiary/aromatic N) is 1. The van der Waals surface area contributed by atoms with Crippen molar-refractivity contribution in [3.05, 3.63) is 16.0 Å². The molecular formula is C21H30N2O4S. The number of hydrogen-bond acceptors (Lipinski definition) is 5. The fourth-order valence-electron chi connectivity index (χ4n) is 5.15. The maximum Gasteiger partial charge on any atom is 0.341 e. The van der Waals surface area contributed by atoms with Gasteiger partial charge in [0.2, 0.25) is 5.91 Å². The molecule has 1 saturated heterocycles. The number of thiophene rings is 1. The monoisotopic (exact) mass is 406 g/mol. The molecule has 0 spiro atoms. The number of ether oxygens (including phenoxy) is 1. The lowest BCUT2D eigenvalue weighted by atomic mass is 9.65. The van der Waals surface area contributed by atoms with Crippen molar-refractivity contribution in [3.8, 4) is 0 Å². The number of carbonyl (C=O) groups is 3. The Kier molecular flexibility index (Phi) is 5.34. The first-order valence-corrected chi connectivity index (χ1v) is 10.6. The van der Waals surface area contributed by atoms with E-state index in [2.05, 4.69) is 26.1 Å². The molecule has 6 nitrogen and oxygen atoms in total. The summed E-state index contributed by atoms with van der Waals surface area (Å²) in [6, 6.07) is 0.222. The Bertz CT molecular complexity index is 829. The summed E-state index contributed by atoms with van der Waals surface area (Å²) < 4.78 is 5.38. The second-order valence-electron chi connectivity index (χ2n) is 9.48. The molecule has 154 valence electrons. The Balaban J connectivity index is 1.67. The standard InChI is InChI=1S/C21H30N2O4S/c1-12-13(2)28-18(22-14(3)24)17(12)19(26)27-9-16(25)23-11-21(6)8-15(23)7-20(4,5)10-21/h15H,7-11H2,1-6H3,(H,22,24)/t15-,21-/m0/s1. The largest absolute Gasteiger partial charge is 0.452 e.